The lowest BCUT2D eigenvalue weighted by Crippen LogP contribution is -1.96. The second-order valence-electron chi connectivity index (χ2n) is 3.66. The molecule has 0 amide bonds. The van der Waals surface area contributed by atoms with Crippen LogP contribution in [0.25, 0.3) is 0 Å². The Morgan fingerprint density at radius 1 is 1.07 bits per heavy atom. The summed E-state index contributed by atoms with van der Waals surface area (Å²) in [6.07, 6.45) is 4.32. The van der Waals surface area contributed by atoms with Crippen molar-refractivity contribution in [1.82, 2.24) is 0 Å². The van der Waals surface area contributed by atoms with Crippen LogP contribution in [-0.2, 0) is 17.6 Å². The molecule has 1 aromatic carbocycles. The van der Waals surface area contributed by atoms with Crippen LogP contribution in [0.4, 0.5) is 0 Å². The molecule has 0 aromatic heterocycles. The molecule has 0 radical (unpaired) electrons. The normalized spacial score (nSPS) is 10.5. The molecule has 2 heteroatoms. The molecule has 1 N–H and O–H groups in total. The zero-order valence-electron chi connectivity index (χ0n) is 9.41. The maximum atomic E-state index is 8.42. The summed E-state index contributed by atoms with van der Waals surface area (Å²) in [6, 6.07) is 8.79. The number of aliphatic hydroxyl groups is 1. The average molecular weight is 208 g/mol. The molecule has 0 saturated heterocycles. The van der Waals surface area contributed by atoms with E-state index in [0.717, 1.165) is 25.7 Å². The highest BCUT2D eigenvalue weighted by molar-refractivity contribution is 5.22. The first-order valence-electron chi connectivity index (χ1n) is 5.63. The third kappa shape index (κ3) is 4.96. The number of rotatable bonds is 7. The molecular formula is C13H20O2. The molecule has 2 nitrogen and oxygen atoms in total. The van der Waals surface area contributed by atoms with Gasteiger partial charge in [0, 0.05) is 6.61 Å². The number of benzene rings is 1. The average Bonchev–Trinajstić information content (AvgIpc) is 2.30. The molecule has 0 aliphatic carbocycles. The molecule has 0 unspecified atom stereocenters. The van der Waals surface area contributed by atoms with E-state index in [4.69, 9.17) is 9.84 Å². The predicted octanol–water partition coefficient (Wildman–Crippen LogP) is 2.54. The molecule has 0 atom stereocenters. The van der Waals surface area contributed by atoms with E-state index in [2.05, 4.69) is 31.2 Å². The van der Waals surface area contributed by atoms with Gasteiger partial charge in [0.25, 0.3) is 0 Å². The second kappa shape index (κ2) is 7.43. The topological polar surface area (TPSA) is 29.5 Å². The minimum atomic E-state index is -0.162. The van der Waals surface area contributed by atoms with Crippen LogP contribution in [0.2, 0.25) is 0 Å². The maximum Gasteiger partial charge on any atom is 0.143 e. The van der Waals surface area contributed by atoms with Gasteiger partial charge in [-0.1, -0.05) is 31.2 Å². The standard InChI is InChI=1S/C13H20O2/c1-2-12-6-8-13(9-7-12)5-3-4-10-15-11-14/h6-9,14H,2-5,10-11H2,1H3. The van der Waals surface area contributed by atoms with Gasteiger partial charge in [0.1, 0.15) is 6.79 Å². The van der Waals surface area contributed by atoms with E-state index >= 15 is 0 Å². The third-order valence-electron chi connectivity index (χ3n) is 2.53. The van der Waals surface area contributed by atoms with Gasteiger partial charge in [-0.3, -0.25) is 0 Å². The van der Waals surface area contributed by atoms with E-state index in [-0.39, 0.29) is 6.79 Å². The Kier molecular flexibility index (Phi) is 6.05. The monoisotopic (exact) mass is 208 g/mol. The number of unbranched alkanes of at least 4 members (excludes halogenated alkanes) is 1. The SMILES string of the molecule is CCc1ccc(CCCCOCO)cc1. The Balaban J connectivity index is 2.20. The van der Waals surface area contributed by atoms with Crippen molar-refractivity contribution < 1.29 is 9.84 Å². The summed E-state index contributed by atoms with van der Waals surface area (Å²) >= 11 is 0. The molecular weight excluding hydrogens is 188 g/mol. The summed E-state index contributed by atoms with van der Waals surface area (Å²) in [5, 5.41) is 8.42. The summed E-state index contributed by atoms with van der Waals surface area (Å²) in [7, 11) is 0. The Labute approximate surface area is 91.9 Å². The van der Waals surface area contributed by atoms with Crippen LogP contribution in [0, 0.1) is 0 Å². The minimum absolute atomic E-state index is 0.162. The first-order chi connectivity index (χ1) is 7.36. The van der Waals surface area contributed by atoms with Crippen LogP contribution in [0.3, 0.4) is 0 Å². The van der Waals surface area contributed by atoms with Gasteiger partial charge in [0.05, 0.1) is 0 Å². The second-order valence-corrected chi connectivity index (χ2v) is 3.66. The number of hydrogen-bond acceptors (Lipinski definition) is 2. The highest BCUT2D eigenvalue weighted by Gasteiger charge is 1.94. The quantitative estimate of drug-likeness (QED) is 0.551. The zero-order valence-corrected chi connectivity index (χ0v) is 9.41. The largest absolute Gasteiger partial charge is 0.371 e. The fourth-order valence-corrected chi connectivity index (χ4v) is 1.54. The van der Waals surface area contributed by atoms with E-state index in [9.17, 15) is 0 Å². The van der Waals surface area contributed by atoms with E-state index in [1.165, 1.54) is 11.1 Å². The van der Waals surface area contributed by atoms with Crippen LogP contribution in [0.15, 0.2) is 24.3 Å². The molecule has 0 aliphatic rings. The van der Waals surface area contributed by atoms with Crippen LogP contribution in [0.5, 0.6) is 0 Å². The molecule has 0 fully saturated rings. The summed E-state index contributed by atoms with van der Waals surface area (Å²) < 4.78 is 4.86. The Morgan fingerprint density at radius 2 is 1.73 bits per heavy atom. The maximum absolute atomic E-state index is 8.42. The molecule has 0 heterocycles. The van der Waals surface area contributed by atoms with Crippen LogP contribution < -0.4 is 0 Å². The smallest absolute Gasteiger partial charge is 0.143 e. The highest BCUT2D eigenvalue weighted by Crippen LogP contribution is 2.08. The zero-order chi connectivity index (χ0) is 10.9. The molecule has 84 valence electrons. The van der Waals surface area contributed by atoms with Crippen molar-refractivity contribution in [2.24, 2.45) is 0 Å². The van der Waals surface area contributed by atoms with Crippen molar-refractivity contribution in [1.29, 1.82) is 0 Å². The number of hydrogen-bond donors (Lipinski definition) is 1. The number of aliphatic hydroxyl groups excluding tert-OH is 1. The van der Waals surface area contributed by atoms with Gasteiger partial charge in [0.2, 0.25) is 0 Å². The summed E-state index contributed by atoms with van der Waals surface area (Å²) in [6.45, 7) is 2.66. The summed E-state index contributed by atoms with van der Waals surface area (Å²) in [4.78, 5) is 0. The molecule has 0 bridgehead atoms. The van der Waals surface area contributed by atoms with E-state index in [1.54, 1.807) is 0 Å². The van der Waals surface area contributed by atoms with Crippen molar-refractivity contribution >= 4 is 0 Å². The van der Waals surface area contributed by atoms with Gasteiger partial charge in [-0.2, -0.15) is 0 Å². The van der Waals surface area contributed by atoms with Crippen LogP contribution >= 0.6 is 0 Å². The Hall–Kier alpha value is -0.860. The van der Waals surface area contributed by atoms with Gasteiger partial charge in [0.15, 0.2) is 0 Å². The first kappa shape index (κ1) is 12.2. The van der Waals surface area contributed by atoms with E-state index < -0.39 is 0 Å². The van der Waals surface area contributed by atoms with Crippen molar-refractivity contribution in [3.63, 3.8) is 0 Å². The molecule has 15 heavy (non-hydrogen) atoms. The number of ether oxygens (including phenoxy) is 1. The molecule has 1 aromatic rings. The van der Waals surface area contributed by atoms with Gasteiger partial charge >= 0.3 is 0 Å². The van der Waals surface area contributed by atoms with Gasteiger partial charge in [-0.15, -0.1) is 0 Å². The molecule has 0 spiro atoms. The Morgan fingerprint density at radius 3 is 2.33 bits per heavy atom. The highest BCUT2D eigenvalue weighted by atomic mass is 16.6. The van der Waals surface area contributed by atoms with Gasteiger partial charge < -0.3 is 9.84 Å². The number of aryl methyl sites for hydroxylation is 2. The van der Waals surface area contributed by atoms with E-state index in [0.29, 0.717) is 6.61 Å². The molecule has 0 aliphatic heterocycles. The van der Waals surface area contributed by atoms with Crippen molar-refractivity contribution in [3.8, 4) is 0 Å². The minimum Gasteiger partial charge on any atom is -0.371 e. The summed E-state index contributed by atoms with van der Waals surface area (Å²) in [5.41, 5.74) is 2.78. The first-order valence-corrected chi connectivity index (χ1v) is 5.63. The lowest BCUT2D eigenvalue weighted by Gasteiger charge is -2.03. The summed E-state index contributed by atoms with van der Waals surface area (Å²) in [5.74, 6) is 0. The van der Waals surface area contributed by atoms with Crippen molar-refractivity contribution in [3.05, 3.63) is 35.4 Å². The fraction of sp³-hybridized carbons (Fsp3) is 0.538. The van der Waals surface area contributed by atoms with Crippen LogP contribution in [-0.4, -0.2) is 18.5 Å². The lowest BCUT2D eigenvalue weighted by atomic mass is 10.1. The predicted molar refractivity (Wildman–Crippen MR) is 61.8 cm³/mol. The van der Waals surface area contributed by atoms with Crippen LogP contribution in [0.1, 0.15) is 30.9 Å². The fourth-order valence-electron chi connectivity index (χ4n) is 1.54. The van der Waals surface area contributed by atoms with Gasteiger partial charge in [-0.05, 0) is 36.8 Å². The van der Waals surface area contributed by atoms with Crippen molar-refractivity contribution in [2.75, 3.05) is 13.4 Å². The molecule has 1 rings (SSSR count). The lowest BCUT2D eigenvalue weighted by molar-refractivity contribution is -0.00265. The third-order valence-corrected chi connectivity index (χ3v) is 2.53. The van der Waals surface area contributed by atoms with Gasteiger partial charge in [-0.25, -0.2) is 0 Å². The Bertz CT molecular complexity index is 254. The van der Waals surface area contributed by atoms with E-state index in [1.807, 2.05) is 0 Å². The van der Waals surface area contributed by atoms with Crippen molar-refractivity contribution in [2.45, 2.75) is 32.6 Å². The molecule has 0 saturated carbocycles.